The van der Waals surface area contributed by atoms with E-state index in [1.807, 2.05) is 18.2 Å². The van der Waals surface area contributed by atoms with E-state index in [0.29, 0.717) is 41.0 Å². The van der Waals surface area contributed by atoms with E-state index in [9.17, 15) is 4.79 Å². The molecule has 0 aliphatic heterocycles. The van der Waals surface area contributed by atoms with Crippen LogP contribution in [0.3, 0.4) is 0 Å². The van der Waals surface area contributed by atoms with E-state index in [1.165, 1.54) is 0 Å². The van der Waals surface area contributed by atoms with Crippen molar-refractivity contribution in [3.05, 3.63) is 60.0 Å². The number of para-hydroxylation sites is 1. The van der Waals surface area contributed by atoms with Crippen LogP contribution in [0.25, 0.3) is 11.4 Å². The average Bonchev–Trinajstić information content (AvgIpc) is 3.19. The number of methoxy groups -OCH3 is 1. The van der Waals surface area contributed by atoms with Crippen LogP contribution >= 0.6 is 0 Å². The smallest absolute Gasteiger partial charge is 0.338 e. The summed E-state index contributed by atoms with van der Waals surface area (Å²) in [6.45, 7) is 4.65. The lowest BCUT2D eigenvalue weighted by Gasteiger charge is -2.09. The third-order valence-electron chi connectivity index (χ3n) is 3.82. The molecule has 0 aliphatic carbocycles. The molecule has 0 unspecified atom stereocenters. The summed E-state index contributed by atoms with van der Waals surface area (Å²) in [6, 6.07) is 14.1. The van der Waals surface area contributed by atoms with Crippen LogP contribution in [0, 0.1) is 5.92 Å². The summed E-state index contributed by atoms with van der Waals surface area (Å²) in [7, 11) is 1.57. The molecule has 0 saturated carbocycles. The molecule has 3 aromatic rings. The summed E-state index contributed by atoms with van der Waals surface area (Å²) >= 11 is 0. The van der Waals surface area contributed by atoms with E-state index >= 15 is 0 Å². The van der Waals surface area contributed by atoms with Gasteiger partial charge in [0.25, 0.3) is 5.89 Å². The molecule has 0 fully saturated rings. The van der Waals surface area contributed by atoms with Crippen LogP contribution in [0.1, 0.15) is 30.1 Å². The average molecular weight is 382 g/mol. The number of hydrogen-bond acceptors (Lipinski definition) is 7. The third kappa shape index (κ3) is 4.88. The normalized spacial score (nSPS) is 10.7. The minimum atomic E-state index is -0.479. The first kappa shape index (κ1) is 19.4. The maximum Gasteiger partial charge on any atom is 0.338 e. The van der Waals surface area contributed by atoms with Gasteiger partial charge in [-0.25, -0.2) is 4.79 Å². The van der Waals surface area contributed by atoms with Crippen LogP contribution in [0.2, 0.25) is 0 Å². The first-order chi connectivity index (χ1) is 13.6. The first-order valence-corrected chi connectivity index (χ1v) is 8.92. The number of nitrogens with zero attached hydrogens (tertiary/aromatic N) is 2. The van der Waals surface area contributed by atoms with Crippen LogP contribution in [0.15, 0.2) is 53.1 Å². The number of esters is 1. The molecular weight excluding hydrogens is 360 g/mol. The molecule has 0 aliphatic rings. The van der Waals surface area contributed by atoms with Crippen molar-refractivity contribution in [1.82, 2.24) is 10.1 Å². The second-order valence-corrected chi connectivity index (χ2v) is 6.52. The molecule has 7 nitrogen and oxygen atoms in total. The van der Waals surface area contributed by atoms with Gasteiger partial charge in [-0.3, -0.25) is 0 Å². The molecule has 1 aromatic heterocycles. The summed E-state index contributed by atoms with van der Waals surface area (Å²) in [5, 5.41) is 3.92. The van der Waals surface area contributed by atoms with Crippen molar-refractivity contribution >= 4 is 5.97 Å². The molecule has 0 saturated heterocycles. The summed E-state index contributed by atoms with van der Waals surface area (Å²) in [6.07, 6.45) is 0. The van der Waals surface area contributed by atoms with Gasteiger partial charge in [0.1, 0.15) is 11.5 Å². The number of rotatable bonds is 8. The Morgan fingerprint density at radius 3 is 2.57 bits per heavy atom. The molecule has 0 spiro atoms. The van der Waals surface area contributed by atoms with Gasteiger partial charge in [0.2, 0.25) is 5.82 Å². The fourth-order valence-electron chi connectivity index (χ4n) is 2.41. The second kappa shape index (κ2) is 9.03. The van der Waals surface area contributed by atoms with Crippen molar-refractivity contribution in [2.75, 3.05) is 13.7 Å². The lowest BCUT2D eigenvalue weighted by atomic mass is 10.2. The van der Waals surface area contributed by atoms with Crippen LogP contribution < -0.4 is 9.47 Å². The SMILES string of the molecule is COc1ccccc1-c1noc(COC(=O)c2ccc(OCC(C)C)cc2)n1. The van der Waals surface area contributed by atoms with Crippen molar-refractivity contribution in [2.24, 2.45) is 5.92 Å². The van der Waals surface area contributed by atoms with E-state index in [2.05, 4.69) is 24.0 Å². The van der Waals surface area contributed by atoms with E-state index in [4.69, 9.17) is 18.7 Å². The molecule has 0 radical (unpaired) electrons. The number of carbonyl (C=O) groups excluding carboxylic acids is 1. The van der Waals surface area contributed by atoms with E-state index in [0.717, 1.165) is 0 Å². The zero-order valence-corrected chi connectivity index (χ0v) is 16.0. The number of hydrogen-bond donors (Lipinski definition) is 0. The fourth-order valence-corrected chi connectivity index (χ4v) is 2.41. The van der Waals surface area contributed by atoms with Gasteiger partial charge in [0.15, 0.2) is 6.61 Å². The van der Waals surface area contributed by atoms with Crippen LogP contribution in [-0.2, 0) is 11.3 Å². The van der Waals surface area contributed by atoms with Gasteiger partial charge >= 0.3 is 5.97 Å². The number of ether oxygens (including phenoxy) is 3. The Morgan fingerprint density at radius 2 is 1.86 bits per heavy atom. The minimum absolute atomic E-state index is 0.118. The molecule has 28 heavy (non-hydrogen) atoms. The van der Waals surface area contributed by atoms with Crippen molar-refractivity contribution in [3.63, 3.8) is 0 Å². The van der Waals surface area contributed by atoms with Gasteiger partial charge in [-0.2, -0.15) is 4.98 Å². The zero-order valence-electron chi connectivity index (χ0n) is 16.0. The molecule has 2 aromatic carbocycles. The molecule has 3 rings (SSSR count). The Morgan fingerprint density at radius 1 is 1.11 bits per heavy atom. The van der Waals surface area contributed by atoms with Gasteiger partial charge in [0, 0.05) is 0 Å². The summed E-state index contributed by atoms with van der Waals surface area (Å²) in [4.78, 5) is 16.5. The highest BCUT2D eigenvalue weighted by atomic mass is 16.6. The van der Waals surface area contributed by atoms with E-state index in [-0.39, 0.29) is 12.5 Å². The molecule has 0 bridgehead atoms. The van der Waals surface area contributed by atoms with Gasteiger partial charge < -0.3 is 18.7 Å². The number of aromatic nitrogens is 2. The van der Waals surface area contributed by atoms with Crippen LogP contribution in [-0.4, -0.2) is 29.8 Å². The molecule has 146 valence electrons. The number of carbonyl (C=O) groups is 1. The van der Waals surface area contributed by atoms with Crippen molar-refractivity contribution in [2.45, 2.75) is 20.5 Å². The Hall–Kier alpha value is -3.35. The zero-order chi connectivity index (χ0) is 19.9. The van der Waals surface area contributed by atoms with E-state index < -0.39 is 5.97 Å². The molecule has 0 atom stereocenters. The fraction of sp³-hybridized carbons (Fsp3) is 0.286. The topological polar surface area (TPSA) is 83.7 Å². The van der Waals surface area contributed by atoms with E-state index in [1.54, 1.807) is 37.4 Å². The lowest BCUT2D eigenvalue weighted by molar-refractivity contribution is 0.0430. The largest absolute Gasteiger partial charge is 0.496 e. The molecular formula is C21H22N2O5. The Bertz CT molecular complexity index is 919. The highest BCUT2D eigenvalue weighted by molar-refractivity contribution is 5.89. The predicted molar refractivity (Wildman–Crippen MR) is 102 cm³/mol. The summed E-state index contributed by atoms with van der Waals surface area (Å²) in [5.41, 5.74) is 1.12. The van der Waals surface area contributed by atoms with Gasteiger partial charge in [0.05, 0.1) is 24.8 Å². The molecule has 0 amide bonds. The van der Waals surface area contributed by atoms with Crippen LogP contribution in [0.5, 0.6) is 11.5 Å². The van der Waals surface area contributed by atoms with Crippen molar-refractivity contribution in [1.29, 1.82) is 0 Å². The second-order valence-electron chi connectivity index (χ2n) is 6.52. The number of benzene rings is 2. The third-order valence-corrected chi connectivity index (χ3v) is 3.82. The highest BCUT2D eigenvalue weighted by Gasteiger charge is 2.15. The van der Waals surface area contributed by atoms with Crippen molar-refractivity contribution in [3.8, 4) is 22.9 Å². The molecule has 1 heterocycles. The summed E-state index contributed by atoms with van der Waals surface area (Å²) in [5.74, 6) is 1.86. The summed E-state index contributed by atoms with van der Waals surface area (Å²) < 4.78 is 21.3. The predicted octanol–water partition coefficient (Wildman–Crippen LogP) is 4.14. The minimum Gasteiger partial charge on any atom is -0.496 e. The van der Waals surface area contributed by atoms with Gasteiger partial charge in [-0.15, -0.1) is 0 Å². The maximum atomic E-state index is 12.2. The molecule has 7 heteroatoms. The maximum absolute atomic E-state index is 12.2. The standard InChI is InChI=1S/C21H22N2O5/c1-14(2)12-26-16-10-8-15(9-11-16)21(24)27-13-19-22-20(23-28-19)17-6-4-5-7-18(17)25-3/h4-11,14H,12-13H2,1-3H3. The Kier molecular flexibility index (Phi) is 6.26. The van der Waals surface area contributed by atoms with Gasteiger partial charge in [-0.05, 0) is 42.3 Å². The van der Waals surface area contributed by atoms with Gasteiger partial charge in [-0.1, -0.05) is 31.1 Å². The van der Waals surface area contributed by atoms with Crippen LogP contribution in [0.4, 0.5) is 0 Å². The monoisotopic (exact) mass is 382 g/mol. The lowest BCUT2D eigenvalue weighted by Crippen LogP contribution is -2.07. The molecule has 0 N–H and O–H groups in total. The van der Waals surface area contributed by atoms with Crippen molar-refractivity contribution < 1.29 is 23.5 Å². The highest BCUT2D eigenvalue weighted by Crippen LogP contribution is 2.27. The Labute approximate surface area is 163 Å². The first-order valence-electron chi connectivity index (χ1n) is 8.92. The Balaban J connectivity index is 1.58. The quantitative estimate of drug-likeness (QED) is 0.541.